The van der Waals surface area contributed by atoms with Crippen LogP contribution in [0.2, 0.25) is 0 Å². The number of rotatable bonds is 11. The van der Waals surface area contributed by atoms with Crippen LogP contribution in [0.5, 0.6) is 0 Å². The fourth-order valence-corrected chi connectivity index (χ4v) is 2.59. The lowest BCUT2D eigenvalue weighted by Crippen LogP contribution is -2.47. The Morgan fingerprint density at radius 2 is 1.62 bits per heavy atom. The number of ether oxygens (including phenoxy) is 1. The van der Waals surface area contributed by atoms with Crippen molar-refractivity contribution in [2.45, 2.75) is 31.9 Å². The van der Waals surface area contributed by atoms with Gasteiger partial charge in [0.1, 0.15) is 12.6 Å². The number of amides is 2. The third-order valence-electron chi connectivity index (χ3n) is 4.17. The quantitative estimate of drug-likeness (QED) is 0.396. The second-order valence-electron chi connectivity index (χ2n) is 6.45. The summed E-state index contributed by atoms with van der Waals surface area (Å²) in [6.45, 7) is 0.391. The van der Waals surface area contributed by atoms with Gasteiger partial charge in [-0.2, -0.15) is 0 Å². The lowest BCUT2D eigenvalue weighted by molar-refractivity contribution is -0.145. The number of hydrogen-bond acceptors (Lipinski definition) is 5. The first-order chi connectivity index (χ1) is 14.1. The van der Waals surface area contributed by atoms with Gasteiger partial charge >= 0.3 is 5.97 Å². The highest BCUT2D eigenvalue weighted by molar-refractivity contribution is 5.97. The van der Waals surface area contributed by atoms with Crippen LogP contribution in [-0.2, 0) is 20.9 Å². The molecule has 0 aliphatic rings. The van der Waals surface area contributed by atoms with Crippen molar-refractivity contribution in [3.63, 3.8) is 0 Å². The summed E-state index contributed by atoms with van der Waals surface area (Å²) in [7, 11) is 0. The molecule has 7 heteroatoms. The fourth-order valence-electron chi connectivity index (χ4n) is 2.59. The largest absolute Gasteiger partial charge is 0.461 e. The van der Waals surface area contributed by atoms with E-state index in [-0.39, 0.29) is 32.6 Å². The molecule has 0 bridgehead atoms. The standard InChI is InChI=1S/C22H26N2O5/c25-15-7-14-23-22(28)19(24-21(27)18-10-5-2-6-11-18)12-13-20(26)29-16-17-8-3-1-4-9-17/h1-6,8-11,19,25H,7,12-16H2,(H,23,28)(H,24,27)/t19-/m0/s1. The fraction of sp³-hybridized carbons (Fsp3) is 0.318. The van der Waals surface area contributed by atoms with Gasteiger partial charge in [-0.25, -0.2) is 0 Å². The molecule has 0 unspecified atom stereocenters. The smallest absolute Gasteiger partial charge is 0.306 e. The topological polar surface area (TPSA) is 105 Å². The van der Waals surface area contributed by atoms with Crippen LogP contribution in [0.1, 0.15) is 35.2 Å². The Morgan fingerprint density at radius 3 is 2.28 bits per heavy atom. The number of carbonyl (C=O) groups excluding carboxylic acids is 3. The molecule has 154 valence electrons. The van der Waals surface area contributed by atoms with Gasteiger partial charge in [0.2, 0.25) is 5.91 Å². The molecule has 29 heavy (non-hydrogen) atoms. The van der Waals surface area contributed by atoms with Crippen molar-refractivity contribution in [2.24, 2.45) is 0 Å². The molecule has 0 aromatic heterocycles. The van der Waals surface area contributed by atoms with E-state index in [1.165, 1.54) is 0 Å². The molecule has 7 nitrogen and oxygen atoms in total. The average Bonchev–Trinajstić information content (AvgIpc) is 2.76. The third-order valence-corrected chi connectivity index (χ3v) is 4.17. The maximum absolute atomic E-state index is 12.4. The average molecular weight is 398 g/mol. The van der Waals surface area contributed by atoms with E-state index in [1.54, 1.807) is 30.3 Å². The lowest BCUT2D eigenvalue weighted by atomic mass is 10.1. The van der Waals surface area contributed by atoms with Crippen LogP contribution in [0.15, 0.2) is 60.7 Å². The van der Waals surface area contributed by atoms with Gasteiger partial charge in [0.15, 0.2) is 0 Å². The van der Waals surface area contributed by atoms with Gasteiger partial charge in [-0.1, -0.05) is 48.5 Å². The van der Waals surface area contributed by atoms with Crippen LogP contribution in [0.3, 0.4) is 0 Å². The minimum Gasteiger partial charge on any atom is -0.461 e. The molecule has 2 aromatic rings. The molecular weight excluding hydrogens is 372 g/mol. The summed E-state index contributed by atoms with van der Waals surface area (Å²) in [5, 5.41) is 14.2. The monoisotopic (exact) mass is 398 g/mol. The number of benzene rings is 2. The highest BCUT2D eigenvalue weighted by atomic mass is 16.5. The van der Waals surface area contributed by atoms with Crippen molar-refractivity contribution in [1.29, 1.82) is 0 Å². The minimum absolute atomic E-state index is 0.0139. The molecule has 0 spiro atoms. The van der Waals surface area contributed by atoms with E-state index in [1.807, 2.05) is 30.3 Å². The Kier molecular flexibility index (Phi) is 9.38. The Morgan fingerprint density at radius 1 is 0.966 bits per heavy atom. The van der Waals surface area contributed by atoms with Gasteiger partial charge in [0.25, 0.3) is 5.91 Å². The molecule has 0 saturated heterocycles. The van der Waals surface area contributed by atoms with E-state index in [4.69, 9.17) is 9.84 Å². The summed E-state index contributed by atoms with van der Waals surface area (Å²) < 4.78 is 5.23. The first-order valence-corrected chi connectivity index (χ1v) is 9.54. The number of nitrogens with one attached hydrogen (secondary N) is 2. The van der Waals surface area contributed by atoms with Crippen molar-refractivity contribution in [3.8, 4) is 0 Å². The Bertz CT molecular complexity index is 780. The number of esters is 1. The van der Waals surface area contributed by atoms with Crippen molar-refractivity contribution >= 4 is 17.8 Å². The van der Waals surface area contributed by atoms with E-state index in [2.05, 4.69) is 10.6 Å². The van der Waals surface area contributed by atoms with Crippen LogP contribution in [0.4, 0.5) is 0 Å². The highest BCUT2D eigenvalue weighted by Crippen LogP contribution is 2.06. The summed E-state index contributed by atoms with van der Waals surface area (Å²) in [5.41, 5.74) is 1.30. The Balaban J connectivity index is 1.90. The molecule has 0 heterocycles. The Labute approximate surface area is 170 Å². The van der Waals surface area contributed by atoms with E-state index in [0.717, 1.165) is 5.56 Å². The molecule has 2 aromatic carbocycles. The van der Waals surface area contributed by atoms with Gasteiger partial charge < -0.3 is 20.5 Å². The second kappa shape index (κ2) is 12.3. The predicted molar refractivity (Wildman–Crippen MR) is 108 cm³/mol. The highest BCUT2D eigenvalue weighted by Gasteiger charge is 2.22. The van der Waals surface area contributed by atoms with Crippen molar-refractivity contribution in [3.05, 3.63) is 71.8 Å². The van der Waals surface area contributed by atoms with Crippen molar-refractivity contribution < 1.29 is 24.2 Å². The zero-order chi connectivity index (χ0) is 20.9. The molecular formula is C22H26N2O5. The van der Waals surface area contributed by atoms with E-state index >= 15 is 0 Å². The lowest BCUT2D eigenvalue weighted by Gasteiger charge is -2.18. The predicted octanol–water partition coefficient (Wildman–Crippen LogP) is 1.81. The Hall–Kier alpha value is -3.19. The van der Waals surface area contributed by atoms with E-state index in [0.29, 0.717) is 12.0 Å². The van der Waals surface area contributed by atoms with Crippen LogP contribution in [0.25, 0.3) is 0 Å². The number of aliphatic hydroxyl groups excluding tert-OH is 1. The molecule has 0 aliphatic carbocycles. The number of hydrogen-bond donors (Lipinski definition) is 3. The van der Waals surface area contributed by atoms with Gasteiger partial charge in [0, 0.05) is 25.1 Å². The SMILES string of the molecule is O=C(CC[C@H](NC(=O)c1ccccc1)C(=O)NCCCO)OCc1ccccc1. The second-order valence-corrected chi connectivity index (χ2v) is 6.45. The molecule has 0 fully saturated rings. The molecule has 0 saturated carbocycles. The molecule has 2 rings (SSSR count). The zero-order valence-electron chi connectivity index (χ0n) is 16.2. The van der Waals surface area contributed by atoms with Crippen LogP contribution in [-0.4, -0.2) is 42.1 Å². The summed E-state index contributed by atoms with van der Waals surface area (Å²) in [6.07, 6.45) is 0.501. The number of carbonyl (C=O) groups is 3. The zero-order valence-corrected chi connectivity index (χ0v) is 16.2. The molecule has 1 atom stereocenters. The number of aliphatic hydroxyl groups is 1. The summed E-state index contributed by atoms with van der Waals surface area (Å²) in [4.78, 5) is 36.9. The van der Waals surface area contributed by atoms with Gasteiger partial charge in [-0.05, 0) is 30.5 Å². The first kappa shape index (κ1) is 22.1. The van der Waals surface area contributed by atoms with Crippen LogP contribution >= 0.6 is 0 Å². The van der Waals surface area contributed by atoms with Crippen LogP contribution in [0, 0.1) is 0 Å². The van der Waals surface area contributed by atoms with Gasteiger partial charge in [-0.15, -0.1) is 0 Å². The summed E-state index contributed by atoms with van der Waals surface area (Å²) in [6, 6.07) is 16.9. The van der Waals surface area contributed by atoms with Gasteiger partial charge in [0.05, 0.1) is 0 Å². The first-order valence-electron chi connectivity index (χ1n) is 9.54. The molecule has 0 radical (unpaired) electrons. The normalized spacial score (nSPS) is 11.3. The van der Waals surface area contributed by atoms with Gasteiger partial charge in [-0.3, -0.25) is 14.4 Å². The van der Waals surface area contributed by atoms with Crippen molar-refractivity contribution in [1.82, 2.24) is 10.6 Å². The maximum atomic E-state index is 12.4. The maximum Gasteiger partial charge on any atom is 0.306 e. The van der Waals surface area contributed by atoms with E-state index < -0.39 is 23.8 Å². The summed E-state index contributed by atoms with van der Waals surface area (Å²) in [5.74, 6) is -1.25. The van der Waals surface area contributed by atoms with E-state index in [9.17, 15) is 14.4 Å². The molecule has 3 N–H and O–H groups in total. The molecule has 2 amide bonds. The van der Waals surface area contributed by atoms with Crippen molar-refractivity contribution in [2.75, 3.05) is 13.2 Å². The minimum atomic E-state index is -0.884. The third kappa shape index (κ3) is 8.15. The summed E-state index contributed by atoms with van der Waals surface area (Å²) >= 11 is 0. The molecule has 0 aliphatic heterocycles. The van der Waals surface area contributed by atoms with Crippen LogP contribution < -0.4 is 10.6 Å².